The molecule has 2 heterocycles. The number of rotatable bonds is 5. The molecule has 1 fully saturated rings. The molecule has 2 aromatic rings. The SMILES string of the molecule is Cc1cnc(CN(C)Cc2noc(C3CCCC3)n2)[nH]1. The van der Waals surface area contributed by atoms with Gasteiger partial charge in [-0.3, -0.25) is 4.90 Å². The highest BCUT2D eigenvalue weighted by molar-refractivity contribution is 4.99. The number of aryl methyl sites for hydroxylation is 1. The lowest BCUT2D eigenvalue weighted by molar-refractivity contribution is 0.292. The zero-order valence-electron chi connectivity index (χ0n) is 12.1. The van der Waals surface area contributed by atoms with Crippen LogP contribution in [0, 0.1) is 6.92 Å². The Balaban J connectivity index is 1.57. The van der Waals surface area contributed by atoms with Gasteiger partial charge in [-0.2, -0.15) is 4.98 Å². The smallest absolute Gasteiger partial charge is 0.229 e. The van der Waals surface area contributed by atoms with Crippen molar-refractivity contribution in [1.29, 1.82) is 0 Å². The van der Waals surface area contributed by atoms with E-state index in [9.17, 15) is 0 Å². The molecule has 0 radical (unpaired) electrons. The maximum absolute atomic E-state index is 5.39. The zero-order chi connectivity index (χ0) is 13.9. The van der Waals surface area contributed by atoms with Crippen LogP contribution < -0.4 is 0 Å². The van der Waals surface area contributed by atoms with Crippen LogP contribution in [0.3, 0.4) is 0 Å². The Morgan fingerprint density at radius 2 is 2.15 bits per heavy atom. The number of H-pyrrole nitrogens is 1. The molecule has 6 nitrogen and oxygen atoms in total. The second-order valence-corrected chi connectivity index (χ2v) is 5.72. The maximum Gasteiger partial charge on any atom is 0.229 e. The summed E-state index contributed by atoms with van der Waals surface area (Å²) in [6.45, 7) is 3.43. The van der Waals surface area contributed by atoms with Crippen molar-refractivity contribution in [3.63, 3.8) is 0 Å². The van der Waals surface area contributed by atoms with E-state index in [1.165, 1.54) is 25.7 Å². The molecule has 0 atom stereocenters. The van der Waals surface area contributed by atoms with E-state index in [0.717, 1.165) is 29.8 Å². The van der Waals surface area contributed by atoms with Crippen LogP contribution in [0.25, 0.3) is 0 Å². The lowest BCUT2D eigenvalue weighted by atomic mass is 10.1. The molecule has 0 aliphatic heterocycles. The van der Waals surface area contributed by atoms with Crippen LogP contribution in [0.4, 0.5) is 0 Å². The molecule has 20 heavy (non-hydrogen) atoms. The number of hydrogen-bond acceptors (Lipinski definition) is 5. The summed E-state index contributed by atoms with van der Waals surface area (Å²) in [5, 5.41) is 4.09. The van der Waals surface area contributed by atoms with Gasteiger partial charge >= 0.3 is 0 Å². The summed E-state index contributed by atoms with van der Waals surface area (Å²) in [7, 11) is 2.03. The van der Waals surface area contributed by atoms with Gasteiger partial charge < -0.3 is 9.51 Å². The predicted octanol–water partition coefficient (Wildman–Crippen LogP) is 2.39. The lowest BCUT2D eigenvalue weighted by Crippen LogP contribution is -2.19. The minimum Gasteiger partial charge on any atom is -0.345 e. The van der Waals surface area contributed by atoms with Crippen molar-refractivity contribution in [2.45, 2.75) is 51.6 Å². The van der Waals surface area contributed by atoms with Gasteiger partial charge in [-0.1, -0.05) is 18.0 Å². The fourth-order valence-corrected chi connectivity index (χ4v) is 2.77. The molecule has 2 aromatic heterocycles. The molecule has 1 aliphatic carbocycles. The van der Waals surface area contributed by atoms with Crippen LogP contribution in [0.1, 0.15) is 54.8 Å². The molecule has 0 aromatic carbocycles. The highest BCUT2D eigenvalue weighted by Crippen LogP contribution is 2.32. The van der Waals surface area contributed by atoms with E-state index >= 15 is 0 Å². The van der Waals surface area contributed by atoms with E-state index in [4.69, 9.17) is 4.52 Å². The van der Waals surface area contributed by atoms with Crippen molar-refractivity contribution in [2.75, 3.05) is 7.05 Å². The minimum atomic E-state index is 0.481. The average Bonchev–Trinajstić information content (AvgIpc) is 3.10. The van der Waals surface area contributed by atoms with Gasteiger partial charge in [0, 0.05) is 17.8 Å². The highest BCUT2D eigenvalue weighted by atomic mass is 16.5. The number of aromatic amines is 1. The van der Waals surface area contributed by atoms with Gasteiger partial charge in [-0.15, -0.1) is 0 Å². The summed E-state index contributed by atoms with van der Waals surface area (Å²) in [6.07, 6.45) is 6.77. The van der Waals surface area contributed by atoms with Crippen molar-refractivity contribution < 1.29 is 4.52 Å². The van der Waals surface area contributed by atoms with Crippen LogP contribution in [0.2, 0.25) is 0 Å². The van der Waals surface area contributed by atoms with Crippen molar-refractivity contribution >= 4 is 0 Å². The molecule has 0 bridgehead atoms. The van der Waals surface area contributed by atoms with E-state index in [1.807, 2.05) is 20.2 Å². The highest BCUT2D eigenvalue weighted by Gasteiger charge is 2.23. The van der Waals surface area contributed by atoms with Crippen molar-refractivity contribution in [3.05, 3.63) is 29.4 Å². The fourth-order valence-electron chi connectivity index (χ4n) is 2.77. The number of nitrogens with one attached hydrogen (secondary N) is 1. The number of aromatic nitrogens is 4. The van der Waals surface area contributed by atoms with Gasteiger partial charge in [0.25, 0.3) is 0 Å². The third-order valence-electron chi connectivity index (χ3n) is 3.77. The second-order valence-electron chi connectivity index (χ2n) is 5.72. The normalized spacial score (nSPS) is 16.4. The van der Waals surface area contributed by atoms with Gasteiger partial charge in [-0.05, 0) is 26.8 Å². The summed E-state index contributed by atoms with van der Waals surface area (Å²) in [4.78, 5) is 14.2. The third-order valence-corrected chi connectivity index (χ3v) is 3.77. The molecule has 3 rings (SSSR count). The molecule has 1 N–H and O–H groups in total. The Morgan fingerprint density at radius 3 is 2.85 bits per heavy atom. The van der Waals surface area contributed by atoms with Gasteiger partial charge in [0.05, 0.1) is 13.1 Å². The van der Waals surface area contributed by atoms with Crippen molar-refractivity contribution in [3.8, 4) is 0 Å². The Kier molecular flexibility index (Phi) is 3.82. The molecule has 1 aliphatic rings. The third kappa shape index (κ3) is 3.07. The van der Waals surface area contributed by atoms with Crippen LogP contribution in [0.15, 0.2) is 10.7 Å². The second kappa shape index (κ2) is 5.75. The maximum atomic E-state index is 5.39. The Morgan fingerprint density at radius 1 is 1.35 bits per heavy atom. The van der Waals surface area contributed by atoms with E-state index in [2.05, 4.69) is 25.0 Å². The first-order valence-corrected chi connectivity index (χ1v) is 7.22. The van der Waals surface area contributed by atoms with E-state index in [0.29, 0.717) is 12.5 Å². The van der Waals surface area contributed by atoms with Crippen LogP contribution in [-0.2, 0) is 13.1 Å². The largest absolute Gasteiger partial charge is 0.345 e. The first kappa shape index (κ1) is 13.3. The van der Waals surface area contributed by atoms with Crippen LogP contribution in [0.5, 0.6) is 0 Å². The van der Waals surface area contributed by atoms with Crippen LogP contribution >= 0.6 is 0 Å². The van der Waals surface area contributed by atoms with Crippen LogP contribution in [-0.4, -0.2) is 32.1 Å². The minimum absolute atomic E-state index is 0.481. The molecular weight excluding hydrogens is 254 g/mol. The monoisotopic (exact) mass is 275 g/mol. The van der Waals surface area contributed by atoms with Gasteiger partial charge in [-0.25, -0.2) is 4.98 Å². The summed E-state index contributed by atoms with van der Waals surface area (Å²) in [5.74, 6) is 3.02. The van der Waals surface area contributed by atoms with Crippen molar-refractivity contribution in [2.24, 2.45) is 0 Å². The lowest BCUT2D eigenvalue weighted by Gasteiger charge is -2.11. The fraction of sp³-hybridized carbons (Fsp3) is 0.643. The van der Waals surface area contributed by atoms with E-state index < -0.39 is 0 Å². The van der Waals surface area contributed by atoms with E-state index in [-0.39, 0.29) is 0 Å². The molecule has 0 unspecified atom stereocenters. The molecule has 1 saturated carbocycles. The van der Waals surface area contributed by atoms with Gasteiger partial charge in [0.1, 0.15) is 5.82 Å². The zero-order valence-corrected chi connectivity index (χ0v) is 12.1. The van der Waals surface area contributed by atoms with Gasteiger partial charge in [0.15, 0.2) is 5.82 Å². The summed E-state index contributed by atoms with van der Waals surface area (Å²) < 4.78 is 5.39. The first-order valence-electron chi connectivity index (χ1n) is 7.22. The van der Waals surface area contributed by atoms with Crippen molar-refractivity contribution in [1.82, 2.24) is 25.0 Å². The molecular formula is C14H21N5O. The van der Waals surface area contributed by atoms with E-state index in [1.54, 1.807) is 0 Å². The van der Waals surface area contributed by atoms with Gasteiger partial charge in [0.2, 0.25) is 5.89 Å². The Labute approximate surface area is 118 Å². The topological polar surface area (TPSA) is 70.8 Å². The summed E-state index contributed by atoms with van der Waals surface area (Å²) >= 11 is 0. The molecule has 0 saturated heterocycles. The quantitative estimate of drug-likeness (QED) is 0.907. The Hall–Kier alpha value is -1.69. The summed E-state index contributed by atoms with van der Waals surface area (Å²) in [6, 6.07) is 0. The standard InChI is InChI=1S/C14H21N5O/c1-10-7-15-12(16-10)8-19(2)9-13-17-14(20-18-13)11-5-3-4-6-11/h7,11H,3-6,8-9H2,1-2H3,(H,15,16). The molecule has 0 amide bonds. The average molecular weight is 275 g/mol. The molecule has 0 spiro atoms. The number of hydrogen-bond donors (Lipinski definition) is 1. The summed E-state index contributed by atoms with van der Waals surface area (Å²) in [5.41, 5.74) is 1.08. The predicted molar refractivity (Wildman–Crippen MR) is 74.0 cm³/mol. The first-order chi connectivity index (χ1) is 9.70. The Bertz CT molecular complexity index is 555. The number of imidazole rings is 1. The number of nitrogens with zero attached hydrogens (tertiary/aromatic N) is 4. The molecule has 108 valence electrons. The molecule has 6 heteroatoms.